The van der Waals surface area contributed by atoms with Crippen LogP contribution in [0.1, 0.15) is 6.42 Å². The first kappa shape index (κ1) is 17.9. The molecule has 1 atom stereocenters. The molecular weight excluding hydrogens is 350 g/mol. The van der Waals surface area contributed by atoms with E-state index >= 15 is 0 Å². The van der Waals surface area contributed by atoms with Crippen molar-refractivity contribution in [1.29, 1.82) is 0 Å². The lowest BCUT2D eigenvalue weighted by molar-refractivity contribution is -0.386. The molecule has 1 saturated heterocycles. The number of aromatic hydroxyl groups is 1. The SMILES string of the molecule is O=[N+]([O-])c1ccc(Cl)c(S(=O)(=O)NCCC2CNCCO2)c1O. The molecule has 0 radical (unpaired) electrons. The number of phenolic OH excluding ortho intramolecular Hbond substituents is 1. The van der Waals surface area contributed by atoms with E-state index in [0.29, 0.717) is 19.6 Å². The van der Waals surface area contributed by atoms with Crippen molar-refractivity contribution in [2.75, 3.05) is 26.2 Å². The van der Waals surface area contributed by atoms with Gasteiger partial charge in [0.25, 0.3) is 0 Å². The lowest BCUT2D eigenvalue weighted by Crippen LogP contribution is -2.40. The van der Waals surface area contributed by atoms with Crippen LogP contribution < -0.4 is 10.0 Å². The van der Waals surface area contributed by atoms with Gasteiger partial charge in [-0.25, -0.2) is 13.1 Å². The average molecular weight is 366 g/mol. The molecule has 3 N–H and O–H groups in total. The van der Waals surface area contributed by atoms with E-state index in [0.717, 1.165) is 18.7 Å². The first-order chi connectivity index (χ1) is 10.8. The van der Waals surface area contributed by atoms with E-state index in [1.165, 1.54) is 0 Å². The monoisotopic (exact) mass is 365 g/mol. The quantitative estimate of drug-likeness (QED) is 0.497. The maximum absolute atomic E-state index is 12.3. The smallest absolute Gasteiger partial charge is 0.312 e. The van der Waals surface area contributed by atoms with Gasteiger partial charge in [0, 0.05) is 25.7 Å². The topological polar surface area (TPSA) is 131 Å². The molecule has 0 saturated carbocycles. The Morgan fingerprint density at radius 2 is 2.26 bits per heavy atom. The second kappa shape index (κ2) is 7.41. The van der Waals surface area contributed by atoms with Gasteiger partial charge in [-0.05, 0) is 12.5 Å². The normalized spacial score (nSPS) is 18.7. The maximum atomic E-state index is 12.3. The zero-order chi connectivity index (χ0) is 17.0. The van der Waals surface area contributed by atoms with Crippen LogP contribution in [0.2, 0.25) is 5.02 Å². The minimum Gasteiger partial charge on any atom is -0.501 e. The molecule has 128 valence electrons. The summed E-state index contributed by atoms with van der Waals surface area (Å²) in [4.78, 5) is 9.22. The van der Waals surface area contributed by atoms with Crippen LogP contribution in [-0.2, 0) is 14.8 Å². The molecule has 1 aromatic rings. The van der Waals surface area contributed by atoms with Crippen LogP contribution in [0.15, 0.2) is 17.0 Å². The number of nitro groups is 1. The number of morpholine rings is 1. The van der Waals surface area contributed by atoms with E-state index in [1.54, 1.807) is 0 Å². The number of nitrogens with one attached hydrogen (secondary N) is 2. The third kappa shape index (κ3) is 4.30. The number of sulfonamides is 1. The van der Waals surface area contributed by atoms with E-state index in [9.17, 15) is 23.6 Å². The number of phenols is 1. The fourth-order valence-electron chi connectivity index (χ4n) is 2.17. The number of hydrogen-bond acceptors (Lipinski definition) is 7. The molecular formula is C12H16ClN3O6S. The highest BCUT2D eigenvalue weighted by atomic mass is 35.5. The van der Waals surface area contributed by atoms with Crippen molar-refractivity contribution in [3.63, 3.8) is 0 Å². The molecule has 0 bridgehead atoms. The third-order valence-electron chi connectivity index (χ3n) is 3.29. The Labute approximate surface area is 137 Å². The molecule has 0 aliphatic carbocycles. The van der Waals surface area contributed by atoms with Crippen molar-refractivity contribution in [3.05, 3.63) is 27.3 Å². The standard InChI is InChI=1S/C12H16ClN3O6S/c13-9-1-2-10(16(18)19)11(17)12(9)23(20,21)15-4-3-8-7-14-5-6-22-8/h1-2,8,14-15,17H,3-7H2. The predicted octanol–water partition coefficient (Wildman–Crippen LogP) is 0.611. The van der Waals surface area contributed by atoms with Crippen molar-refractivity contribution in [3.8, 4) is 5.75 Å². The van der Waals surface area contributed by atoms with Crippen LogP contribution in [0.5, 0.6) is 5.75 Å². The molecule has 0 aromatic heterocycles. The largest absolute Gasteiger partial charge is 0.501 e. The molecule has 1 fully saturated rings. The Morgan fingerprint density at radius 1 is 1.52 bits per heavy atom. The second-order valence-corrected chi connectivity index (χ2v) is 7.00. The summed E-state index contributed by atoms with van der Waals surface area (Å²) in [6.07, 6.45) is 0.292. The third-order valence-corrected chi connectivity index (χ3v) is 5.25. The highest BCUT2D eigenvalue weighted by Crippen LogP contribution is 2.37. The number of nitro benzene ring substituents is 1. The van der Waals surface area contributed by atoms with E-state index in [2.05, 4.69) is 10.0 Å². The summed E-state index contributed by atoms with van der Waals surface area (Å²) in [6.45, 7) is 1.96. The first-order valence-corrected chi connectivity index (χ1v) is 8.67. The molecule has 1 aromatic carbocycles. The highest BCUT2D eigenvalue weighted by molar-refractivity contribution is 7.89. The molecule has 1 heterocycles. The summed E-state index contributed by atoms with van der Waals surface area (Å²) in [5.41, 5.74) is -0.727. The Bertz CT molecular complexity index is 690. The molecule has 2 rings (SSSR count). The zero-order valence-electron chi connectivity index (χ0n) is 12.0. The van der Waals surface area contributed by atoms with Crippen LogP contribution in [0, 0.1) is 10.1 Å². The molecule has 11 heteroatoms. The Morgan fingerprint density at radius 3 is 2.87 bits per heavy atom. The number of benzene rings is 1. The van der Waals surface area contributed by atoms with Crippen molar-refractivity contribution in [1.82, 2.24) is 10.0 Å². The van der Waals surface area contributed by atoms with Gasteiger partial charge in [-0.3, -0.25) is 10.1 Å². The van der Waals surface area contributed by atoms with Gasteiger partial charge in [-0.15, -0.1) is 0 Å². The lowest BCUT2D eigenvalue weighted by atomic mass is 10.2. The van der Waals surface area contributed by atoms with Crippen LogP contribution in [0.4, 0.5) is 5.69 Å². The van der Waals surface area contributed by atoms with Gasteiger partial charge in [0.2, 0.25) is 15.8 Å². The van der Waals surface area contributed by atoms with Crippen molar-refractivity contribution in [2.45, 2.75) is 17.4 Å². The Hall–Kier alpha value is -1.46. The summed E-state index contributed by atoms with van der Waals surface area (Å²) >= 11 is 5.78. The second-order valence-electron chi connectivity index (χ2n) is 4.88. The molecule has 1 aliphatic rings. The number of rotatable bonds is 6. The molecule has 23 heavy (non-hydrogen) atoms. The van der Waals surface area contributed by atoms with E-state index in [-0.39, 0.29) is 17.7 Å². The fourth-order valence-corrected chi connectivity index (χ4v) is 3.84. The first-order valence-electron chi connectivity index (χ1n) is 6.81. The minimum atomic E-state index is -4.19. The Kier molecular flexibility index (Phi) is 5.76. The molecule has 1 unspecified atom stereocenters. The van der Waals surface area contributed by atoms with Crippen LogP contribution in [0.25, 0.3) is 0 Å². The number of ether oxygens (including phenoxy) is 1. The summed E-state index contributed by atoms with van der Waals surface area (Å²) in [7, 11) is -4.19. The summed E-state index contributed by atoms with van der Waals surface area (Å²) in [6, 6.07) is 2.00. The van der Waals surface area contributed by atoms with Crippen molar-refractivity contribution in [2.24, 2.45) is 0 Å². The minimum absolute atomic E-state index is 0.0488. The number of halogens is 1. The van der Waals surface area contributed by atoms with Crippen LogP contribution in [0.3, 0.4) is 0 Å². The van der Waals surface area contributed by atoms with E-state index in [1.807, 2.05) is 0 Å². The summed E-state index contributed by atoms with van der Waals surface area (Å²) < 4.78 is 32.2. The van der Waals surface area contributed by atoms with Gasteiger partial charge < -0.3 is 15.2 Å². The molecule has 9 nitrogen and oxygen atoms in total. The average Bonchev–Trinajstić information content (AvgIpc) is 2.47. The van der Waals surface area contributed by atoms with E-state index in [4.69, 9.17) is 16.3 Å². The van der Waals surface area contributed by atoms with Gasteiger partial charge in [-0.1, -0.05) is 11.6 Å². The van der Waals surface area contributed by atoms with Gasteiger partial charge in [0.1, 0.15) is 4.90 Å². The van der Waals surface area contributed by atoms with Crippen molar-refractivity contribution < 1.29 is 23.2 Å². The predicted molar refractivity (Wildman–Crippen MR) is 82.2 cm³/mol. The zero-order valence-corrected chi connectivity index (χ0v) is 13.6. The fraction of sp³-hybridized carbons (Fsp3) is 0.500. The summed E-state index contributed by atoms with van der Waals surface area (Å²) in [5, 5.41) is 23.5. The number of nitrogens with zero attached hydrogens (tertiary/aromatic N) is 1. The van der Waals surface area contributed by atoms with E-state index < -0.39 is 31.3 Å². The van der Waals surface area contributed by atoms with Crippen LogP contribution >= 0.6 is 11.6 Å². The van der Waals surface area contributed by atoms with Crippen LogP contribution in [-0.4, -0.2) is 50.8 Å². The molecule has 0 spiro atoms. The Balaban J connectivity index is 2.12. The van der Waals surface area contributed by atoms with Crippen molar-refractivity contribution >= 4 is 27.3 Å². The summed E-state index contributed by atoms with van der Waals surface area (Å²) in [5.74, 6) is -0.981. The van der Waals surface area contributed by atoms with Gasteiger partial charge in [0.15, 0.2) is 0 Å². The molecule has 1 aliphatic heterocycles. The maximum Gasteiger partial charge on any atom is 0.312 e. The van der Waals surface area contributed by atoms with Gasteiger partial charge in [0.05, 0.1) is 22.7 Å². The highest BCUT2D eigenvalue weighted by Gasteiger charge is 2.29. The molecule has 0 amide bonds. The lowest BCUT2D eigenvalue weighted by Gasteiger charge is -2.23. The number of hydrogen-bond donors (Lipinski definition) is 3. The van der Waals surface area contributed by atoms with Gasteiger partial charge in [-0.2, -0.15) is 0 Å². The van der Waals surface area contributed by atoms with Gasteiger partial charge >= 0.3 is 5.69 Å².